The van der Waals surface area contributed by atoms with Crippen LogP contribution < -0.4 is 0 Å². The number of aliphatic hydroxyl groups is 15. The fraction of sp³-hybridized carbons (Fsp3) is 1.00. The van der Waals surface area contributed by atoms with E-state index in [1.54, 1.807) is 0 Å². The maximum atomic E-state index is 11.1. The van der Waals surface area contributed by atoms with Crippen molar-refractivity contribution in [2.45, 2.75) is 180 Å². The van der Waals surface area contributed by atoms with Gasteiger partial charge in [-0.15, -0.1) is 0 Å². The third-order valence-corrected chi connectivity index (χ3v) is 12.2. The van der Waals surface area contributed by atoms with Gasteiger partial charge in [-0.05, 0) is 26.2 Å². The third kappa shape index (κ3) is 9.03. The summed E-state index contributed by atoms with van der Waals surface area (Å²) in [6.45, 7) is 0.242. The standard InChI is InChI=1S/C34H58O21/c1-10-21(38)25(42)28(45)32(50-10)49-9-20-24(41)27(44)30(47)34(55-20)53-18-7-13-15(51-31(18)11-3-14(37)22(39)17(4-11)48-2)5-12(36)6-16(13)52-33-29(46)26(43)23(40)19(8-35)54-33/h10-47H,3-9H2,1-2H3/p+1/t10-,11?,12?,13?,14?,15?,16?,17?,18?,19+,20+,21-,22?,23+,24+,25+,26-,27-,28+,29+,30+,31?,32+,33+,34+/m0/s1. The van der Waals surface area contributed by atoms with Crippen molar-refractivity contribution < 1.29 is 104 Å². The highest BCUT2D eigenvalue weighted by molar-refractivity contribution is 5.01. The van der Waals surface area contributed by atoms with Crippen LogP contribution in [-0.4, -0.2) is 232 Å². The molecule has 4 aliphatic heterocycles. The van der Waals surface area contributed by atoms with Crippen LogP contribution in [0.15, 0.2) is 0 Å². The first-order chi connectivity index (χ1) is 26.0. The Kier molecular flexibility index (Phi) is 14.5. The number of methoxy groups -OCH3 is 1. The van der Waals surface area contributed by atoms with Gasteiger partial charge in [0.15, 0.2) is 31.1 Å². The lowest BCUT2D eigenvalue weighted by atomic mass is 9.72. The zero-order valence-electron chi connectivity index (χ0n) is 30.5. The predicted molar refractivity (Wildman–Crippen MR) is 177 cm³/mol. The fourth-order valence-electron chi connectivity index (χ4n) is 8.94. The van der Waals surface area contributed by atoms with E-state index in [-0.39, 0.29) is 32.1 Å². The lowest BCUT2D eigenvalue weighted by molar-refractivity contribution is -0.371. The van der Waals surface area contributed by atoms with Crippen LogP contribution in [0.25, 0.3) is 0 Å². The molecule has 6 aliphatic rings. The number of fused-ring (bicyclic) bond motifs is 1. The quantitative estimate of drug-likeness (QED) is 0.0913. The monoisotopic (exact) mass is 803 g/mol. The molecule has 10 unspecified atom stereocenters. The van der Waals surface area contributed by atoms with Gasteiger partial charge in [0, 0.05) is 25.9 Å². The van der Waals surface area contributed by atoms with E-state index in [0.717, 1.165) is 0 Å². The van der Waals surface area contributed by atoms with Crippen LogP contribution in [0.2, 0.25) is 0 Å². The normalized spacial score (nSPS) is 55.1. The maximum absolute atomic E-state index is 11.1. The number of rotatable bonds is 10. The zero-order chi connectivity index (χ0) is 40.0. The van der Waals surface area contributed by atoms with E-state index < -0.39 is 166 Å². The second-order valence-electron chi connectivity index (χ2n) is 15.9. The van der Waals surface area contributed by atoms with Crippen LogP contribution in [0, 0.1) is 11.8 Å². The minimum atomic E-state index is -1.82. The Morgan fingerprint density at radius 2 is 1.15 bits per heavy atom. The van der Waals surface area contributed by atoms with Gasteiger partial charge in [-0.2, -0.15) is 0 Å². The molecule has 14 N–H and O–H groups in total. The highest BCUT2D eigenvalue weighted by atomic mass is 16.7. The second kappa shape index (κ2) is 18.2. The average molecular weight is 804 g/mol. The Bertz CT molecular complexity index is 1220. The van der Waals surface area contributed by atoms with Crippen LogP contribution >= 0.6 is 0 Å². The number of hydrogen-bond donors (Lipinski definition) is 13. The molecule has 0 aromatic heterocycles. The van der Waals surface area contributed by atoms with Crippen LogP contribution in [0.5, 0.6) is 0 Å². The highest BCUT2D eigenvalue weighted by Crippen LogP contribution is 2.44. The van der Waals surface area contributed by atoms with E-state index >= 15 is 0 Å². The molecule has 25 atom stereocenters. The van der Waals surface area contributed by atoms with Gasteiger partial charge in [0.05, 0.1) is 49.7 Å². The van der Waals surface area contributed by atoms with E-state index in [0.29, 0.717) is 0 Å². The van der Waals surface area contributed by atoms with Crippen molar-refractivity contribution in [2.24, 2.45) is 11.8 Å². The second-order valence-corrected chi connectivity index (χ2v) is 15.9. The molecule has 0 radical (unpaired) electrons. The first kappa shape index (κ1) is 43.7. The van der Waals surface area contributed by atoms with Gasteiger partial charge in [-0.3, -0.25) is 0 Å². The highest BCUT2D eigenvalue weighted by Gasteiger charge is 2.57. The summed E-state index contributed by atoms with van der Waals surface area (Å²) in [7, 11) is 1.39. The molecule has 0 aromatic rings. The molecule has 6 rings (SSSR count). The van der Waals surface area contributed by atoms with Gasteiger partial charge in [0.2, 0.25) is 0 Å². The first-order valence-electron chi connectivity index (χ1n) is 18.9. The molecule has 4 heterocycles. The zero-order valence-corrected chi connectivity index (χ0v) is 30.5. The topological polar surface area (TPSA) is 340 Å². The molecule has 6 fully saturated rings. The maximum Gasteiger partial charge on any atom is 0.187 e. The van der Waals surface area contributed by atoms with Gasteiger partial charge in [0.25, 0.3) is 0 Å². The minimum absolute atomic E-state index is 0.0372. The number of aliphatic hydroxyl groups excluding tert-OH is 13. The largest absolute Gasteiger partial charge is 0.427 e. The summed E-state index contributed by atoms with van der Waals surface area (Å²) in [5.74, 6) is -1.03. The Hall–Kier alpha value is -0.840. The predicted octanol–water partition coefficient (Wildman–Crippen LogP) is -7.20. The van der Waals surface area contributed by atoms with Crippen molar-refractivity contribution in [1.82, 2.24) is 0 Å². The molecule has 0 bridgehead atoms. The van der Waals surface area contributed by atoms with Gasteiger partial charge in [0.1, 0.15) is 79.4 Å². The van der Waals surface area contributed by atoms with E-state index in [9.17, 15) is 66.4 Å². The van der Waals surface area contributed by atoms with Crippen molar-refractivity contribution in [3.8, 4) is 0 Å². The molecule has 2 saturated carbocycles. The molecule has 21 heteroatoms. The Balaban J connectivity index is 1.23. The van der Waals surface area contributed by atoms with E-state index in [1.165, 1.54) is 14.0 Å². The Morgan fingerprint density at radius 1 is 0.564 bits per heavy atom. The molecule has 21 nitrogen and oxygen atoms in total. The lowest BCUT2D eigenvalue weighted by Gasteiger charge is -2.50. The molecular formula is C34H59O21+. The minimum Gasteiger partial charge on any atom is -0.427 e. The van der Waals surface area contributed by atoms with E-state index in [4.69, 9.17) is 37.9 Å². The molecule has 0 amide bonds. The van der Waals surface area contributed by atoms with Crippen LogP contribution in [0.1, 0.15) is 39.0 Å². The molecule has 2 aliphatic carbocycles. The Labute approximate surface area is 316 Å². The summed E-state index contributed by atoms with van der Waals surface area (Å²) in [5.41, 5.74) is 0. The van der Waals surface area contributed by atoms with Crippen LogP contribution in [0.4, 0.5) is 0 Å². The molecular weight excluding hydrogens is 744 g/mol. The Morgan fingerprint density at radius 3 is 1.78 bits per heavy atom. The molecule has 320 valence electrons. The van der Waals surface area contributed by atoms with Gasteiger partial charge >= 0.3 is 0 Å². The summed E-state index contributed by atoms with van der Waals surface area (Å²) < 4.78 is 45.7. The van der Waals surface area contributed by atoms with Crippen molar-refractivity contribution in [3.05, 3.63) is 0 Å². The van der Waals surface area contributed by atoms with Crippen molar-refractivity contribution >= 4 is 0 Å². The summed E-state index contributed by atoms with van der Waals surface area (Å²) in [4.78, 5) is 0. The van der Waals surface area contributed by atoms with E-state index in [2.05, 4.69) is 0 Å². The van der Waals surface area contributed by atoms with Gasteiger partial charge < -0.3 is 104 Å². The third-order valence-electron chi connectivity index (χ3n) is 12.2. The number of hydrogen-bond acceptors (Lipinski definition) is 20. The smallest absolute Gasteiger partial charge is 0.187 e. The van der Waals surface area contributed by atoms with Gasteiger partial charge in [-0.25, -0.2) is 0 Å². The molecule has 4 saturated heterocycles. The SMILES string of the molecule is COC1CC(C2[OH+]C3CC(O)CC(O[C@@H]4O[C@H](CO)[C@@H](O)[C@H](O)[C@H]4O)C3CC2O[C@@H]2O[C@H](CO[C@@H]3O[C@@H](C)[C@H](O)[C@@H](O)[C@H]3O)[C@@H](O)[C@H](O)[C@H]2O)CC(O)C1O. The summed E-state index contributed by atoms with van der Waals surface area (Å²) in [6, 6.07) is 0. The summed E-state index contributed by atoms with van der Waals surface area (Å²) in [5, 5.41) is 137. The fourth-order valence-corrected chi connectivity index (χ4v) is 8.94. The van der Waals surface area contributed by atoms with Gasteiger partial charge in [-0.1, -0.05) is 0 Å². The van der Waals surface area contributed by atoms with Crippen LogP contribution in [-0.2, 0) is 33.2 Å². The lowest BCUT2D eigenvalue weighted by Crippen LogP contribution is -2.64. The van der Waals surface area contributed by atoms with Crippen LogP contribution in [0.3, 0.4) is 0 Å². The van der Waals surface area contributed by atoms with Crippen molar-refractivity contribution in [3.63, 3.8) is 0 Å². The molecule has 0 spiro atoms. The summed E-state index contributed by atoms with van der Waals surface area (Å²) in [6.07, 6.45) is -29.8. The molecule has 0 aromatic carbocycles. The van der Waals surface area contributed by atoms with Crippen molar-refractivity contribution in [2.75, 3.05) is 20.3 Å². The first-order valence-corrected chi connectivity index (χ1v) is 18.9. The van der Waals surface area contributed by atoms with E-state index in [1.807, 2.05) is 0 Å². The number of ether oxygens (including phenoxy) is 8. The molecule has 55 heavy (non-hydrogen) atoms. The average Bonchev–Trinajstić information content (AvgIpc) is 3.16. The van der Waals surface area contributed by atoms with Crippen molar-refractivity contribution in [1.29, 1.82) is 0 Å². The summed E-state index contributed by atoms with van der Waals surface area (Å²) >= 11 is 0.